The fraction of sp³-hybridized carbons (Fsp3) is 0.800. The monoisotopic (exact) mass is 113 g/mol. The van der Waals surface area contributed by atoms with Crippen LogP contribution in [0.2, 0.25) is 0 Å². The predicted octanol–water partition coefficient (Wildman–Crippen LogP) is 1.50. The summed E-state index contributed by atoms with van der Waals surface area (Å²) in [4.78, 5) is 3.90. The Labute approximate surface area is 49.3 Å². The minimum absolute atomic E-state index is 0.465. The van der Waals surface area contributed by atoms with Crippen molar-refractivity contribution in [2.24, 2.45) is 10.1 Å². The van der Waals surface area contributed by atoms with Gasteiger partial charge in [0.1, 0.15) is 0 Å². The normalized spacial score (nSPS) is 11.5. The minimum atomic E-state index is 0.465. The fourth-order valence-electron chi connectivity index (χ4n) is 0.432. The molecule has 0 amide bonds. The van der Waals surface area contributed by atoms with E-state index in [1.807, 2.05) is 6.92 Å². The molecule has 0 aromatic carbocycles. The topological polar surface area (TPSA) is 48.6 Å². The van der Waals surface area contributed by atoms with Crippen LogP contribution in [0.5, 0.6) is 0 Å². The zero-order valence-electron chi connectivity index (χ0n) is 5.31. The third-order valence-electron chi connectivity index (χ3n) is 0.986. The minimum Gasteiger partial charge on any atom is -0.295 e. The summed E-state index contributed by atoms with van der Waals surface area (Å²) in [5, 5.41) is 3.20. The molecule has 0 rings (SSSR count). The van der Waals surface area contributed by atoms with E-state index in [-0.39, 0.29) is 0 Å². The Kier molecular flexibility index (Phi) is 4.03. The highest BCUT2D eigenvalue weighted by Gasteiger charge is 1.88. The molecule has 0 spiro atoms. The molecule has 0 fully saturated rings. The smallest absolute Gasteiger partial charge is 0.0974 e. The summed E-state index contributed by atoms with van der Waals surface area (Å²) in [6.07, 6.45) is 0.902. The Morgan fingerprint density at radius 3 is 2.38 bits per heavy atom. The highest BCUT2D eigenvalue weighted by molar-refractivity contribution is 5.85. The Bertz CT molecular complexity index is 95.8. The molecule has 0 unspecified atom stereocenters. The molecule has 0 atom stereocenters. The molecule has 0 heterocycles. The Morgan fingerprint density at radius 1 is 1.62 bits per heavy atom. The van der Waals surface area contributed by atoms with E-state index < -0.39 is 0 Å². The summed E-state index contributed by atoms with van der Waals surface area (Å²) in [7, 11) is 1.73. The van der Waals surface area contributed by atoms with Crippen LogP contribution in [-0.4, -0.2) is 19.3 Å². The summed E-state index contributed by atoms with van der Waals surface area (Å²) >= 11 is 0. The maximum absolute atomic E-state index is 6.48. The Morgan fingerprint density at radius 2 is 2.25 bits per heavy atom. The SMILES string of the molecule is CCC(CN=N)=NC. The molecule has 0 saturated carbocycles. The number of rotatable bonds is 3. The molecular weight excluding hydrogens is 102 g/mol. The van der Waals surface area contributed by atoms with Crippen molar-refractivity contribution >= 4 is 5.71 Å². The Hall–Kier alpha value is -0.730. The lowest BCUT2D eigenvalue weighted by atomic mass is 10.3. The lowest BCUT2D eigenvalue weighted by molar-refractivity contribution is 1.00. The molecule has 3 nitrogen and oxygen atoms in total. The molecule has 0 aliphatic heterocycles. The second kappa shape index (κ2) is 4.43. The van der Waals surface area contributed by atoms with E-state index in [0.29, 0.717) is 6.54 Å². The van der Waals surface area contributed by atoms with Crippen LogP contribution in [-0.2, 0) is 0 Å². The highest BCUT2D eigenvalue weighted by Crippen LogP contribution is 1.84. The molecule has 0 saturated heterocycles. The summed E-state index contributed by atoms with van der Waals surface area (Å²) in [6.45, 7) is 2.47. The first-order valence-corrected chi connectivity index (χ1v) is 2.62. The van der Waals surface area contributed by atoms with E-state index in [4.69, 9.17) is 5.53 Å². The van der Waals surface area contributed by atoms with E-state index in [9.17, 15) is 0 Å². The molecule has 46 valence electrons. The van der Waals surface area contributed by atoms with E-state index in [0.717, 1.165) is 12.1 Å². The van der Waals surface area contributed by atoms with Crippen LogP contribution in [0.3, 0.4) is 0 Å². The van der Waals surface area contributed by atoms with Crippen LogP contribution in [0.4, 0.5) is 0 Å². The van der Waals surface area contributed by atoms with Crippen LogP contribution in [0.1, 0.15) is 13.3 Å². The van der Waals surface area contributed by atoms with Gasteiger partial charge in [-0.2, -0.15) is 5.11 Å². The number of hydrogen-bond acceptors (Lipinski definition) is 3. The average molecular weight is 113 g/mol. The second-order valence-corrected chi connectivity index (χ2v) is 1.46. The van der Waals surface area contributed by atoms with Gasteiger partial charge >= 0.3 is 0 Å². The van der Waals surface area contributed by atoms with Gasteiger partial charge in [0.15, 0.2) is 0 Å². The lowest BCUT2D eigenvalue weighted by Crippen LogP contribution is -1.98. The van der Waals surface area contributed by atoms with Gasteiger partial charge in [0, 0.05) is 12.8 Å². The van der Waals surface area contributed by atoms with Gasteiger partial charge < -0.3 is 0 Å². The van der Waals surface area contributed by atoms with Crippen molar-refractivity contribution in [1.29, 1.82) is 5.53 Å². The molecule has 0 aliphatic carbocycles. The summed E-state index contributed by atoms with van der Waals surface area (Å²) in [5.41, 5.74) is 7.47. The van der Waals surface area contributed by atoms with Crippen molar-refractivity contribution in [1.82, 2.24) is 0 Å². The third kappa shape index (κ3) is 2.44. The first-order chi connectivity index (χ1) is 3.85. The van der Waals surface area contributed by atoms with Gasteiger partial charge in [-0.15, -0.1) is 0 Å². The van der Waals surface area contributed by atoms with Crippen LogP contribution < -0.4 is 0 Å². The quantitative estimate of drug-likeness (QED) is 0.426. The molecule has 3 heteroatoms. The van der Waals surface area contributed by atoms with Crippen LogP contribution in [0.15, 0.2) is 10.1 Å². The van der Waals surface area contributed by atoms with Gasteiger partial charge in [-0.25, -0.2) is 5.53 Å². The van der Waals surface area contributed by atoms with Gasteiger partial charge in [-0.3, -0.25) is 4.99 Å². The average Bonchev–Trinajstić information content (AvgIpc) is 1.83. The second-order valence-electron chi connectivity index (χ2n) is 1.46. The first kappa shape index (κ1) is 7.27. The van der Waals surface area contributed by atoms with Crippen LogP contribution >= 0.6 is 0 Å². The molecule has 0 aromatic rings. The summed E-state index contributed by atoms with van der Waals surface area (Å²) in [5.74, 6) is 0. The summed E-state index contributed by atoms with van der Waals surface area (Å²) < 4.78 is 0. The van der Waals surface area contributed by atoms with Crippen molar-refractivity contribution < 1.29 is 0 Å². The van der Waals surface area contributed by atoms with E-state index in [2.05, 4.69) is 10.1 Å². The number of nitrogens with one attached hydrogen (secondary N) is 1. The molecule has 1 N–H and O–H groups in total. The van der Waals surface area contributed by atoms with Gasteiger partial charge in [0.25, 0.3) is 0 Å². The maximum Gasteiger partial charge on any atom is 0.0974 e. The largest absolute Gasteiger partial charge is 0.295 e. The van der Waals surface area contributed by atoms with E-state index in [1.165, 1.54) is 0 Å². The van der Waals surface area contributed by atoms with Crippen molar-refractivity contribution in [2.45, 2.75) is 13.3 Å². The highest BCUT2D eigenvalue weighted by atomic mass is 15.0. The van der Waals surface area contributed by atoms with Crippen molar-refractivity contribution in [3.8, 4) is 0 Å². The zero-order chi connectivity index (χ0) is 6.41. The molecular formula is C5H11N3. The standard InChI is InChI=1S/C5H11N3/c1-3-5(7-2)4-8-6/h6H,3-4H2,1-2H3. The first-order valence-electron chi connectivity index (χ1n) is 2.62. The van der Waals surface area contributed by atoms with E-state index in [1.54, 1.807) is 7.05 Å². The van der Waals surface area contributed by atoms with Gasteiger partial charge in [-0.1, -0.05) is 6.92 Å². The van der Waals surface area contributed by atoms with Crippen molar-refractivity contribution in [3.63, 3.8) is 0 Å². The molecule has 0 aromatic heterocycles. The summed E-state index contributed by atoms with van der Waals surface area (Å²) in [6, 6.07) is 0. The Balaban J connectivity index is 3.53. The van der Waals surface area contributed by atoms with Gasteiger partial charge in [0.2, 0.25) is 0 Å². The van der Waals surface area contributed by atoms with Crippen LogP contribution in [0.25, 0.3) is 0 Å². The van der Waals surface area contributed by atoms with Crippen LogP contribution in [0, 0.1) is 5.53 Å². The predicted molar refractivity (Wildman–Crippen MR) is 33.7 cm³/mol. The van der Waals surface area contributed by atoms with Crippen molar-refractivity contribution in [3.05, 3.63) is 0 Å². The molecule has 0 radical (unpaired) electrons. The zero-order valence-corrected chi connectivity index (χ0v) is 5.31. The van der Waals surface area contributed by atoms with Crippen molar-refractivity contribution in [2.75, 3.05) is 13.6 Å². The number of nitrogens with zero attached hydrogens (tertiary/aromatic N) is 2. The third-order valence-corrected chi connectivity index (χ3v) is 0.986. The van der Waals surface area contributed by atoms with E-state index >= 15 is 0 Å². The van der Waals surface area contributed by atoms with Gasteiger partial charge in [0.05, 0.1) is 6.54 Å². The molecule has 0 aliphatic rings. The number of hydrogen-bond donors (Lipinski definition) is 1. The fourth-order valence-corrected chi connectivity index (χ4v) is 0.432. The number of aliphatic imine (C=N–C) groups is 1. The molecule has 8 heavy (non-hydrogen) atoms. The molecule has 0 bridgehead atoms. The maximum atomic E-state index is 6.48. The van der Waals surface area contributed by atoms with Gasteiger partial charge in [-0.05, 0) is 6.42 Å². The lowest BCUT2D eigenvalue weighted by Gasteiger charge is -1.91.